The first kappa shape index (κ1) is 13.4. The van der Waals surface area contributed by atoms with Gasteiger partial charge in [0.15, 0.2) is 0 Å². The monoisotopic (exact) mass is 216 g/mol. The smallest absolute Gasteiger partial charge is 0.310 e. The van der Waals surface area contributed by atoms with E-state index in [-0.39, 0.29) is 13.1 Å². The Bertz CT molecular complexity index is 275. The summed E-state index contributed by atoms with van der Waals surface area (Å²) in [5, 5.41) is 4.46. The summed E-state index contributed by atoms with van der Waals surface area (Å²) < 4.78 is 0. The van der Waals surface area contributed by atoms with E-state index in [0.717, 1.165) is 0 Å². The van der Waals surface area contributed by atoms with Crippen LogP contribution in [-0.2, 0) is 14.4 Å². The minimum Gasteiger partial charge on any atom is -0.368 e. The van der Waals surface area contributed by atoms with Crippen LogP contribution in [0.3, 0.4) is 0 Å². The third-order valence-corrected chi connectivity index (χ3v) is 1.68. The van der Waals surface area contributed by atoms with Crippen LogP contribution >= 0.6 is 0 Å². The van der Waals surface area contributed by atoms with Crippen LogP contribution in [0.2, 0.25) is 0 Å². The molecule has 0 rings (SSSR count). The highest BCUT2D eigenvalue weighted by Crippen LogP contribution is 1.99. The molecule has 0 saturated carbocycles. The molecular formula is C8H16N4O3. The topological polar surface area (TPSA) is 127 Å². The number of hydrogen-bond donors (Lipinski definition) is 4. The lowest BCUT2D eigenvalue weighted by molar-refractivity contribution is -0.141. The Labute approximate surface area is 87.6 Å². The van der Waals surface area contributed by atoms with Gasteiger partial charge in [0.25, 0.3) is 0 Å². The summed E-state index contributed by atoms with van der Waals surface area (Å²) in [6.45, 7) is 3.24. The van der Waals surface area contributed by atoms with E-state index < -0.39 is 23.3 Å². The van der Waals surface area contributed by atoms with Crippen molar-refractivity contribution in [2.24, 2.45) is 11.5 Å². The Balaban J connectivity index is 4.25. The van der Waals surface area contributed by atoms with E-state index in [2.05, 4.69) is 10.6 Å². The fourth-order valence-electron chi connectivity index (χ4n) is 0.668. The molecule has 6 N–H and O–H groups in total. The van der Waals surface area contributed by atoms with Crippen molar-refractivity contribution >= 4 is 17.7 Å². The second-order valence-corrected chi connectivity index (χ2v) is 3.49. The minimum atomic E-state index is -1.25. The first-order valence-corrected chi connectivity index (χ1v) is 4.41. The van der Waals surface area contributed by atoms with Gasteiger partial charge in [-0.2, -0.15) is 0 Å². The second kappa shape index (κ2) is 5.30. The van der Waals surface area contributed by atoms with Crippen LogP contribution in [0.25, 0.3) is 0 Å². The predicted molar refractivity (Wildman–Crippen MR) is 53.5 cm³/mol. The molecule has 7 nitrogen and oxygen atoms in total. The van der Waals surface area contributed by atoms with Gasteiger partial charge < -0.3 is 22.1 Å². The number of amides is 3. The summed E-state index contributed by atoms with van der Waals surface area (Å²) in [7, 11) is 0. The maximum atomic E-state index is 11.2. The highest BCUT2D eigenvalue weighted by Gasteiger charge is 2.29. The highest BCUT2D eigenvalue weighted by molar-refractivity contribution is 6.35. The summed E-state index contributed by atoms with van der Waals surface area (Å²) in [6, 6.07) is 0. The number of carbonyl (C=O) groups is 3. The van der Waals surface area contributed by atoms with E-state index >= 15 is 0 Å². The number of primary amides is 1. The fraction of sp³-hybridized carbons (Fsp3) is 0.625. The van der Waals surface area contributed by atoms with Crippen LogP contribution < -0.4 is 22.1 Å². The average molecular weight is 216 g/mol. The molecule has 7 heteroatoms. The first-order chi connectivity index (χ1) is 6.81. The molecule has 0 aliphatic heterocycles. The Morgan fingerprint density at radius 3 is 2.13 bits per heavy atom. The van der Waals surface area contributed by atoms with Crippen molar-refractivity contribution in [1.82, 2.24) is 10.6 Å². The van der Waals surface area contributed by atoms with Gasteiger partial charge in [-0.15, -0.1) is 0 Å². The van der Waals surface area contributed by atoms with Gasteiger partial charge in [0, 0.05) is 13.1 Å². The summed E-state index contributed by atoms with van der Waals surface area (Å²) in [6.07, 6.45) is 0. The van der Waals surface area contributed by atoms with Crippen molar-refractivity contribution < 1.29 is 14.4 Å². The Hall–Kier alpha value is -1.63. The standard InChI is InChI=1S/C8H16N4O3/c1-8(2,7(10)15)12-6(14)5(13)11-4-3-9/h3-4,9H2,1-2H3,(H2,10,15)(H,11,13)(H,12,14). The summed E-state index contributed by atoms with van der Waals surface area (Å²) in [4.78, 5) is 33.1. The average Bonchev–Trinajstić information content (AvgIpc) is 2.13. The van der Waals surface area contributed by atoms with Crippen molar-refractivity contribution in [3.05, 3.63) is 0 Å². The molecule has 0 aromatic carbocycles. The number of nitrogens with one attached hydrogen (secondary N) is 2. The van der Waals surface area contributed by atoms with E-state index in [9.17, 15) is 14.4 Å². The number of hydrogen-bond acceptors (Lipinski definition) is 4. The van der Waals surface area contributed by atoms with E-state index in [1.165, 1.54) is 13.8 Å². The number of nitrogens with two attached hydrogens (primary N) is 2. The molecule has 0 unspecified atom stereocenters. The Morgan fingerprint density at radius 2 is 1.73 bits per heavy atom. The van der Waals surface area contributed by atoms with Gasteiger partial charge in [0.05, 0.1) is 0 Å². The van der Waals surface area contributed by atoms with Crippen molar-refractivity contribution in [3.8, 4) is 0 Å². The largest absolute Gasteiger partial charge is 0.368 e. The maximum Gasteiger partial charge on any atom is 0.310 e. The Kier molecular flexibility index (Phi) is 4.72. The molecule has 3 amide bonds. The van der Waals surface area contributed by atoms with Gasteiger partial charge in [-0.1, -0.05) is 0 Å². The molecular weight excluding hydrogens is 200 g/mol. The molecule has 0 bridgehead atoms. The highest BCUT2D eigenvalue weighted by atomic mass is 16.2. The minimum absolute atomic E-state index is 0.198. The maximum absolute atomic E-state index is 11.2. The molecule has 86 valence electrons. The zero-order chi connectivity index (χ0) is 12.1. The van der Waals surface area contributed by atoms with Crippen LogP contribution in [0.15, 0.2) is 0 Å². The van der Waals surface area contributed by atoms with Gasteiger partial charge in [-0.25, -0.2) is 0 Å². The SMILES string of the molecule is CC(C)(NC(=O)C(=O)NCCN)C(N)=O. The van der Waals surface area contributed by atoms with Crippen LogP contribution in [0.5, 0.6) is 0 Å². The molecule has 0 aliphatic rings. The zero-order valence-electron chi connectivity index (χ0n) is 8.79. The summed E-state index contributed by atoms with van der Waals surface area (Å²) in [5.74, 6) is -2.47. The molecule has 0 aromatic heterocycles. The summed E-state index contributed by atoms with van der Waals surface area (Å²) in [5.41, 5.74) is 8.89. The molecule has 0 radical (unpaired) electrons. The lowest BCUT2D eigenvalue weighted by Gasteiger charge is -2.21. The van der Waals surface area contributed by atoms with Gasteiger partial charge in [0.1, 0.15) is 5.54 Å². The first-order valence-electron chi connectivity index (χ1n) is 4.41. The fourth-order valence-corrected chi connectivity index (χ4v) is 0.668. The molecule has 0 fully saturated rings. The van der Waals surface area contributed by atoms with Crippen LogP contribution in [-0.4, -0.2) is 36.3 Å². The van der Waals surface area contributed by atoms with Crippen molar-refractivity contribution in [2.45, 2.75) is 19.4 Å². The van der Waals surface area contributed by atoms with E-state index in [0.29, 0.717) is 0 Å². The van der Waals surface area contributed by atoms with Crippen LogP contribution in [0, 0.1) is 0 Å². The second-order valence-electron chi connectivity index (χ2n) is 3.49. The van der Waals surface area contributed by atoms with Gasteiger partial charge in [-0.05, 0) is 13.8 Å². The van der Waals surface area contributed by atoms with E-state index in [4.69, 9.17) is 11.5 Å². The molecule has 15 heavy (non-hydrogen) atoms. The molecule has 0 aromatic rings. The van der Waals surface area contributed by atoms with Gasteiger partial charge >= 0.3 is 11.8 Å². The van der Waals surface area contributed by atoms with E-state index in [1.54, 1.807) is 0 Å². The van der Waals surface area contributed by atoms with Crippen LogP contribution in [0.4, 0.5) is 0 Å². The Morgan fingerprint density at radius 1 is 1.20 bits per heavy atom. The lowest BCUT2D eigenvalue weighted by atomic mass is 10.1. The van der Waals surface area contributed by atoms with E-state index in [1.807, 2.05) is 0 Å². The number of rotatable bonds is 4. The van der Waals surface area contributed by atoms with Crippen LogP contribution in [0.1, 0.15) is 13.8 Å². The lowest BCUT2D eigenvalue weighted by Crippen LogP contribution is -2.56. The molecule has 0 atom stereocenters. The van der Waals surface area contributed by atoms with Gasteiger partial charge in [0.2, 0.25) is 5.91 Å². The zero-order valence-corrected chi connectivity index (χ0v) is 8.79. The van der Waals surface area contributed by atoms with Crippen molar-refractivity contribution in [1.29, 1.82) is 0 Å². The third kappa shape index (κ3) is 4.41. The summed E-state index contributed by atoms with van der Waals surface area (Å²) >= 11 is 0. The predicted octanol–water partition coefficient (Wildman–Crippen LogP) is -2.56. The molecule has 0 saturated heterocycles. The third-order valence-electron chi connectivity index (χ3n) is 1.68. The molecule has 0 heterocycles. The normalized spacial score (nSPS) is 10.6. The van der Waals surface area contributed by atoms with Crippen molar-refractivity contribution in [3.63, 3.8) is 0 Å². The van der Waals surface area contributed by atoms with Gasteiger partial charge in [-0.3, -0.25) is 14.4 Å². The molecule has 0 aliphatic carbocycles. The quantitative estimate of drug-likeness (QED) is 0.385. The number of carbonyl (C=O) groups excluding carboxylic acids is 3. The van der Waals surface area contributed by atoms with Crippen molar-refractivity contribution in [2.75, 3.05) is 13.1 Å². The molecule has 0 spiro atoms.